The number of allylic oxidation sites excluding steroid dienone is 8. The molecule has 1 atom stereocenters. The SMILES string of the molecule is CC/C=C\C/C=C\C/C=C\C/C=C\CCCCCCCCCCCCC(=O)OC(COC(=O)CCCCCCCC)COC(=O)CCCCCCCCCCCCCCCCCCCCCCCCCC. The molecule has 0 aromatic rings. The molecule has 0 aliphatic rings. The van der Waals surface area contributed by atoms with Gasteiger partial charge < -0.3 is 14.2 Å². The van der Waals surface area contributed by atoms with Crippen LogP contribution in [-0.2, 0) is 28.6 Å². The Balaban J connectivity index is 4.07. The summed E-state index contributed by atoms with van der Waals surface area (Å²) in [6.07, 6.45) is 74.4. The highest BCUT2D eigenvalue weighted by Gasteiger charge is 2.19. The van der Waals surface area contributed by atoms with Gasteiger partial charge in [0.15, 0.2) is 6.10 Å². The molecule has 0 fully saturated rings. The Bertz CT molecular complexity index is 1230. The first-order valence-corrected chi connectivity index (χ1v) is 31.1. The average molecular weight is 996 g/mol. The number of hydrogen-bond donors (Lipinski definition) is 0. The van der Waals surface area contributed by atoms with Gasteiger partial charge in [0.2, 0.25) is 0 Å². The van der Waals surface area contributed by atoms with Crippen LogP contribution in [0, 0.1) is 0 Å². The van der Waals surface area contributed by atoms with E-state index in [1.807, 2.05) is 0 Å². The number of ether oxygens (including phenoxy) is 3. The highest BCUT2D eigenvalue weighted by Crippen LogP contribution is 2.18. The van der Waals surface area contributed by atoms with E-state index in [1.54, 1.807) is 0 Å². The second-order valence-electron chi connectivity index (χ2n) is 21.0. The fourth-order valence-corrected chi connectivity index (χ4v) is 9.20. The molecule has 0 aliphatic carbocycles. The van der Waals surface area contributed by atoms with Crippen LogP contribution < -0.4 is 0 Å². The highest BCUT2D eigenvalue weighted by molar-refractivity contribution is 5.71. The Labute approximate surface area is 441 Å². The summed E-state index contributed by atoms with van der Waals surface area (Å²) in [6.45, 7) is 6.51. The van der Waals surface area contributed by atoms with Gasteiger partial charge in [-0.3, -0.25) is 14.4 Å². The van der Waals surface area contributed by atoms with Crippen molar-refractivity contribution in [1.82, 2.24) is 0 Å². The molecule has 0 heterocycles. The lowest BCUT2D eigenvalue weighted by molar-refractivity contribution is -0.167. The minimum Gasteiger partial charge on any atom is -0.462 e. The standard InChI is InChI=1S/C65H118O6/c1-4-7-10-13-16-18-20-22-24-26-28-30-32-34-35-37-39-41-43-45-47-49-52-55-58-64(67)70-61-62(60-69-63(66)57-54-51-15-12-9-6-3)71-65(68)59-56-53-50-48-46-44-42-40-38-36-33-31-29-27-25-23-21-19-17-14-11-8-5-2/h8,11,17,19,23,25,29,31,62H,4-7,9-10,12-16,18,20-22,24,26-28,30,32-61H2,1-3H3/b11-8-,19-17-,25-23-,31-29-. The minimum absolute atomic E-state index is 0.0707. The molecule has 0 rings (SSSR count). The van der Waals surface area contributed by atoms with E-state index in [2.05, 4.69) is 69.4 Å². The van der Waals surface area contributed by atoms with E-state index in [0.717, 1.165) is 83.5 Å². The lowest BCUT2D eigenvalue weighted by Gasteiger charge is -2.18. The van der Waals surface area contributed by atoms with E-state index in [-0.39, 0.29) is 31.1 Å². The van der Waals surface area contributed by atoms with Gasteiger partial charge in [-0.25, -0.2) is 0 Å². The van der Waals surface area contributed by atoms with Crippen LogP contribution in [0.25, 0.3) is 0 Å². The summed E-state index contributed by atoms with van der Waals surface area (Å²) in [6, 6.07) is 0. The molecule has 71 heavy (non-hydrogen) atoms. The van der Waals surface area contributed by atoms with E-state index in [4.69, 9.17) is 14.2 Å². The summed E-state index contributed by atoms with van der Waals surface area (Å²) in [5, 5.41) is 0. The zero-order valence-corrected chi connectivity index (χ0v) is 47.5. The van der Waals surface area contributed by atoms with Crippen molar-refractivity contribution in [2.75, 3.05) is 13.2 Å². The van der Waals surface area contributed by atoms with E-state index in [0.29, 0.717) is 19.3 Å². The number of unbranched alkanes of at least 4 members (excludes halogenated alkanes) is 38. The first-order chi connectivity index (χ1) is 35.0. The Morgan fingerprint density at radius 3 is 0.859 bits per heavy atom. The number of rotatable bonds is 57. The molecular weight excluding hydrogens is 877 g/mol. The third-order valence-corrected chi connectivity index (χ3v) is 13.8. The molecule has 6 heteroatoms. The maximum absolute atomic E-state index is 12.8. The molecule has 0 spiro atoms. The Morgan fingerprint density at radius 2 is 0.549 bits per heavy atom. The molecule has 0 aliphatic heterocycles. The maximum atomic E-state index is 12.8. The van der Waals surface area contributed by atoms with Crippen molar-refractivity contribution in [1.29, 1.82) is 0 Å². The van der Waals surface area contributed by atoms with Crippen molar-refractivity contribution in [3.05, 3.63) is 48.6 Å². The summed E-state index contributed by atoms with van der Waals surface area (Å²) in [5.41, 5.74) is 0. The molecule has 0 saturated heterocycles. The van der Waals surface area contributed by atoms with Crippen LogP contribution in [0.1, 0.15) is 329 Å². The molecule has 0 saturated carbocycles. The van der Waals surface area contributed by atoms with Gasteiger partial charge in [0.05, 0.1) is 0 Å². The van der Waals surface area contributed by atoms with Crippen molar-refractivity contribution < 1.29 is 28.6 Å². The predicted octanol–water partition coefficient (Wildman–Crippen LogP) is 21.0. The molecule has 1 unspecified atom stereocenters. The monoisotopic (exact) mass is 995 g/mol. The quantitative estimate of drug-likeness (QED) is 0.0261. The first kappa shape index (κ1) is 68.4. The molecule has 0 bridgehead atoms. The van der Waals surface area contributed by atoms with E-state index >= 15 is 0 Å². The highest BCUT2D eigenvalue weighted by atomic mass is 16.6. The van der Waals surface area contributed by atoms with Crippen molar-refractivity contribution in [3.63, 3.8) is 0 Å². The van der Waals surface area contributed by atoms with E-state index < -0.39 is 6.10 Å². The summed E-state index contributed by atoms with van der Waals surface area (Å²) in [7, 11) is 0. The van der Waals surface area contributed by atoms with Crippen LogP contribution in [0.5, 0.6) is 0 Å². The minimum atomic E-state index is -0.770. The summed E-state index contributed by atoms with van der Waals surface area (Å²) in [5.74, 6) is -0.867. The summed E-state index contributed by atoms with van der Waals surface area (Å²) in [4.78, 5) is 38.0. The second kappa shape index (κ2) is 59.9. The van der Waals surface area contributed by atoms with Crippen molar-refractivity contribution in [3.8, 4) is 0 Å². The van der Waals surface area contributed by atoms with Gasteiger partial charge in [-0.2, -0.15) is 0 Å². The third kappa shape index (κ3) is 58.1. The average Bonchev–Trinajstić information content (AvgIpc) is 3.37. The third-order valence-electron chi connectivity index (χ3n) is 13.8. The van der Waals surface area contributed by atoms with Crippen LogP contribution in [0.3, 0.4) is 0 Å². The number of hydrogen-bond acceptors (Lipinski definition) is 6. The van der Waals surface area contributed by atoms with E-state index in [1.165, 1.54) is 205 Å². The molecular formula is C65H118O6. The van der Waals surface area contributed by atoms with Gasteiger partial charge in [-0.05, 0) is 57.8 Å². The molecule has 6 nitrogen and oxygen atoms in total. The fraction of sp³-hybridized carbons (Fsp3) is 0.831. The summed E-state index contributed by atoms with van der Waals surface area (Å²) < 4.78 is 16.8. The fourth-order valence-electron chi connectivity index (χ4n) is 9.20. The normalized spacial score (nSPS) is 12.3. The van der Waals surface area contributed by atoms with Gasteiger partial charge in [0.1, 0.15) is 13.2 Å². The Hall–Kier alpha value is -2.63. The van der Waals surface area contributed by atoms with Gasteiger partial charge in [0.25, 0.3) is 0 Å². The molecule has 0 amide bonds. The van der Waals surface area contributed by atoms with Crippen LogP contribution in [0.2, 0.25) is 0 Å². The molecule has 0 aromatic heterocycles. The van der Waals surface area contributed by atoms with Crippen LogP contribution in [0.15, 0.2) is 48.6 Å². The van der Waals surface area contributed by atoms with Gasteiger partial charge in [-0.1, -0.05) is 301 Å². The van der Waals surface area contributed by atoms with Gasteiger partial charge >= 0.3 is 17.9 Å². The molecule has 414 valence electrons. The second-order valence-corrected chi connectivity index (χ2v) is 21.0. The Kier molecular flexibility index (Phi) is 57.7. The van der Waals surface area contributed by atoms with Crippen molar-refractivity contribution >= 4 is 17.9 Å². The lowest BCUT2D eigenvalue weighted by atomic mass is 10.0. The first-order valence-electron chi connectivity index (χ1n) is 31.1. The topological polar surface area (TPSA) is 78.9 Å². The maximum Gasteiger partial charge on any atom is 0.306 e. The zero-order chi connectivity index (χ0) is 51.4. The number of carbonyl (C=O) groups excluding carboxylic acids is 3. The number of carbonyl (C=O) groups is 3. The van der Waals surface area contributed by atoms with E-state index in [9.17, 15) is 14.4 Å². The predicted molar refractivity (Wildman–Crippen MR) is 307 cm³/mol. The molecule has 0 N–H and O–H groups in total. The van der Waals surface area contributed by atoms with Crippen LogP contribution >= 0.6 is 0 Å². The lowest BCUT2D eigenvalue weighted by Crippen LogP contribution is -2.30. The van der Waals surface area contributed by atoms with Gasteiger partial charge in [0, 0.05) is 19.3 Å². The number of esters is 3. The van der Waals surface area contributed by atoms with Crippen molar-refractivity contribution in [2.45, 2.75) is 335 Å². The van der Waals surface area contributed by atoms with Crippen LogP contribution in [0.4, 0.5) is 0 Å². The summed E-state index contributed by atoms with van der Waals surface area (Å²) >= 11 is 0. The zero-order valence-electron chi connectivity index (χ0n) is 47.5. The van der Waals surface area contributed by atoms with Gasteiger partial charge in [-0.15, -0.1) is 0 Å². The van der Waals surface area contributed by atoms with Crippen molar-refractivity contribution in [2.24, 2.45) is 0 Å². The smallest absolute Gasteiger partial charge is 0.306 e. The van der Waals surface area contributed by atoms with Crippen LogP contribution in [-0.4, -0.2) is 37.2 Å². The molecule has 0 aromatic carbocycles. The Morgan fingerprint density at radius 1 is 0.296 bits per heavy atom. The largest absolute Gasteiger partial charge is 0.462 e. The molecule has 0 radical (unpaired) electrons.